The van der Waals surface area contributed by atoms with Crippen molar-refractivity contribution < 1.29 is 19.4 Å². The molecule has 1 aromatic rings. The summed E-state index contributed by atoms with van der Waals surface area (Å²) < 4.78 is 4.01. The topological polar surface area (TPSA) is 87.4 Å². The summed E-state index contributed by atoms with van der Waals surface area (Å²) in [7, 11) is 0. The van der Waals surface area contributed by atoms with E-state index in [1.807, 2.05) is 0 Å². The zero-order chi connectivity index (χ0) is 11.3. The van der Waals surface area contributed by atoms with E-state index in [0.717, 1.165) is 6.26 Å². The van der Waals surface area contributed by atoms with Crippen molar-refractivity contribution in [2.45, 2.75) is 5.92 Å². The van der Waals surface area contributed by atoms with Gasteiger partial charge in [-0.3, -0.25) is 4.79 Å². The van der Waals surface area contributed by atoms with Crippen molar-refractivity contribution in [2.75, 3.05) is 0 Å². The van der Waals surface area contributed by atoms with Crippen LogP contribution in [0, 0.1) is 11.5 Å². The van der Waals surface area contributed by atoms with Crippen molar-refractivity contribution in [2.24, 2.45) is 0 Å². The third kappa shape index (κ3) is 2.54. The Bertz CT molecular complexity index is 407. The molecule has 76 valence electrons. The monoisotopic (exact) mass is 205 g/mol. The van der Waals surface area contributed by atoms with Crippen LogP contribution in [0.1, 0.15) is 11.5 Å². The van der Waals surface area contributed by atoms with Crippen molar-refractivity contribution in [1.82, 2.24) is 0 Å². The van der Waals surface area contributed by atoms with E-state index in [1.54, 1.807) is 18.2 Å². The van der Waals surface area contributed by atoms with Crippen LogP contribution in [0.4, 0.5) is 0 Å². The molecule has 0 radical (unpaired) electrons. The molecule has 1 atom stereocenters. The van der Waals surface area contributed by atoms with Crippen LogP contribution < -0.4 is 0 Å². The number of benzene rings is 1. The van der Waals surface area contributed by atoms with E-state index in [-0.39, 0.29) is 5.56 Å². The van der Waals surface area contributed by atoms with Crippen LogP contribution >= 0.6 is 0 Å². The Balaban J connectivity index is 3.00. The quantitative estimate of drug-likeness (QED) is 0.449. The number of esters is 1. The highest BCUT2D eigenvalue weighted by Crippen LogP contribution is 2.17. The molecule has 0 aromatic heterocycles. The van der Waals surface area contributed by atoms with Gasteiger partial charge in [0, 0.05) is 0 Å². The highest BCUT2D eigenvalue weighted by atomic mass is 16.5. The van der Waals surface area contributed by atoms with Crippen LogP contribution in [0.5, 0.6) is 0 Å². The van der Waals surface area contributed by atoms with Gasteiger partial charge in [-0.1, -0.05) is 30.3 Å². The molecule has 0 aliphatic rings. The highest BCUT2D eigenvalue weighted by molar-refractivity contribution is 6.00. The van der Waals surface area contributed by atoms with Crippen molar-refractivity contribution in [1.29, 1.82) is 5.26 Å². The molecule has 15 heavy (non-hydrogen) atoms. The van der Waals surface area contributed by atoms with Gasteiger partial charge < -0.3 is 9.84 Å². The lowest BCUT2D eigenvalue weighted by Gasteiger charge is -2.07. The van der Waals surface area contributed by atoms with E-state index < -0.39 is 17.9 Å². The second kappa shape index (κ2) is 4.77. The molecule has 0 heterocycles. The van der Waals surface area contributed by atoms with Crippen LogP contribution in [0.3, 0.4) is 0 Å². The Morgan fingerprint density at radius 3 is 2.40 bits per heavy atom. The fourth-order valence-electron chi connectivity index (χ4n) is 1.13. The Morgan fingerprint density at radius 2 is 1.93 bits per heavy atom. The Labute approximate surface area is 85.5 Å². The Morgan fingerprint density at radius 1 is 1.33 bits per heavy atom. The van der Waals surface area contributed by atoms with Crippen LogP contribution in [-0.4, -0.2) is 17.0 Å². The number of carboxylic acid groups (broad SMARTS) is 1. The van der Waals surface area contributed by atoms with Gasteiger partial charge in [0.15, 0.2) is 5.92 Å². The van der Waals surface area contributed by atoms with Gasteiger partial charge in [0.25, 0.3) is 6.26 Å². The van der Waals surface area contributed by atoms with E-state index in [4.69, 9.17) is 10.4 Å². The lowest BCUT2D eigenvalue weighted by Crippen LogP contribution is -2.22. The number of ether oxygens (including phenoxy) is 1. The molecule has 1 rings (SSSR count). The maximum absolute atomic E-state index is 11.2. The third-order valence-corrected chi connectivity index (χ3v) is 1.76. The van der Waals surface area contributed by atoms with E-state index in [1.165, 1.54) is 12.1 Å². The van der Waals surface area contributed by atoms with Crippen molar-refractivity contribution in [3.63, 3.8) is 0 Å². The number of hydrogen-bond donors (Lipinski definition) is 1. The number of carbonyl (C=O) groups excluding carboxylic acids is 1. The van der Waals surface area contributed by atoms with E-state index >= 15 is 0 Å². The number of aliphatic carboxylic acids is 1. The molecular formula is C10H7NO4. The molecule has 0 spiro atoms. The first kappa shape index (κ1) is 10.7. The molecule has 5 heteroatoms. The molecule has 0 saturated carbocycles. The van der Waals surface area contributed by atoms with Gasteiger partial charge in [0.05, 0.1) is 0 Å². The molecule has 0 aliphatic carbocycles. The van der Waals surface area contributed by atoms with Gasteiger partial charge in [-0.05, 0) is 5.56 Å². The molecule has 0 bridgehead atoms. The number of carbonyl (C=O) groups is 2. The minimum atomic E-state index is -1.45. The van der Waals surface area contributed by atoms with Crippen LogP contribution in [0.2, 0.25) is 0 Å². The Hall–Kier alpha value is -2.35. The first-order chi connectivity index (χ1) is 7.16. The minimum Gasteiger partial charge on any atom is -0.480 e. The van der Waals surface area contributed by atoms with Crippen LogP contribution in [0.15, 0.2) is 30.3 Å². The maximum Gasteiger partial charge on any atom is 0.340 e. The molecular weight excluding hydrogens is 198 g/mol. The minimum absolute atomic E-state index is 0.283. The van der Waals surface area contributed by atoms with Gasteiger partial charge in [0.1, 0.15) is 0 Å². The summed E-state index contributed by atoms with van der Waals surface area (Å²) in [5, 5.41) is 16.9. The van der Waals surface area contributed by atoms with Gasteiger partial charge >= 0.3 is 11.9 Å². The molecule has 0 saturated heterocycles. The number of rotatable bonds is 3. The van der Waals surface area contributed by atoms with Crippen molar-refractivity contribution in [3.8, 4) is 6.26 Å². The average Bonchev–Trinajstić information content (AvgIpc) is 2.19. The molecule has 1 aromatic carbocycles. The summed E-state index contributed by atoms with van der Waals surface area (Å²) in [5.74, 6) is -3.89. The van der Waals surface area contributed by atoms with Gasteiger partial charge in [-0.2, -0.15) is 0 Å². The van der Waals surface area contributed by atoms with Gasteiger partial charge in [0.2, 0.25) is 0 Å². The number of nitrogens with zero attached hydrogens (tertiary/aromatic N) is 1. The van der Waals surface area contributed by atoms with Crippen LogP contribution in [-0.2, 0) is 14.3 Å². The van der Waals surface area contributed by atoms with E-state index in [2.05, 4.69) is 4.74 Å². The molecule has 5 nitrogen and oxygen atoms in total. The first-order valence-corrected chi connectivity index (χ1v) is 4.04. The van der Waals surface area contributed by atoms with Gasteiger partial charge in [-0.25, -0.2) is 4.79 Å². The predicted molar refractivity (Wildman–Crippen MR) is 48.5 cm³/mol. The summed E-state index contributed by atoms with van der Waals surface area (Å²) in [6.07, 6.45) is 1.16. The average molecular weight is 205 g/mol. The summed E-state index contributed by atoms with van der Waals surface area (Å²) in [6.45, 7) is 0. The van der Waals surface area contributed by atoms with Crippen molar-refractivity contribution in [3.05, 3.63) is 35.9 Å². The Kier molecular flexibility index (Phi) is 3.41. The second-order valence-electron chi connectivity index (χ2n) is 2.69. The predicted octanol–water partition coefficient (Wildman–Crippen LogP) is 0.879. The van der Waals surface area contributed by atoms with Crippen molar-refractivity contribution >= 4 is 11.9 Å². The largest absolute Gasteiger partial charge is 0.480 e. The molecule has 0 aliphatic heterocycles. The third-order valence-electron chi connectivity index (χ3n) is 1.76. The van der Waals surface area contributed by atoms with Gasteiger partial charge in [-0.15, -0.1) is 5.26 Å². The van der Waals surface area contributed by atoms with Crippen LogP contribution in [0.25, 0.3) is 0 Å². The molecule has 0 fully saturated rings. The first-order valence-electron chi connectivity index (χ1n) is 4.04. The number of carboxylic acids is 1. The lowest BCUT2D eigenvalue weighted by molar-refractivity contribution is -0.150. The fourth-order valence-corrected chi connectivity index (χ4v) is 1.13. The molecule has 0 amide bonds. The van der Waals surface area contributed by atoms with E-state index in [0.29, 0.717) is 0 Å². The lowest BCUT2D eigenvalue weighted by atomic mass is 10.00. The highest BCUT2D eigenvalue weighted by Gasteiger charge is 2.29. The fraction of sp³-hybridized carbons (Fsp3) is 0.100. The zero-order valence-electron chi connectivity index (χ0n) is 7.58. The summed E-state index contributed by atoms with van der Waals surface area (Å²) in [5.41, 5.74) is 0.283. The zero-order valence-corrected chi connectivity index (χ0v) is 7.58. The summed E-state index contributed by atoms with van der Waals surface area (Å²) in [4.78, 5) is 22.0. The second-order valence-corrected chi connectivity index (χ2v) is 2.69. The molecule has 1 unspecified atom stereocenters. The number of nitriles is 1. The van der Waals surface area contributed by atoms with E-state index in [9.17, 15) is 9.59 Å². The maximum atomic E-state index is 11.2. The smallest absolute Gasteiger partial charge is 0.340 e. The number of hydrogen-bond acceptors (Lipinski definition) is 4. The summed E-state index contributed by atoms with van der Waals surface area (Å²) >= 11 is 0. The SMILES string of the molecule is N#COC(=O)C(C(=O)O)c1ccccc1. The normalized spacial score (nSPS) is 11.1. The molecule has 1 N–H and O–H groups in total. The standard InChI is InChI=1S/C10H7NO4/c11-6-15-10(14)8(9(12)13)7-4-2-1-3-5-7/h1-5,8H,(H,12,13). The summed E-state index contributed by atoms with van der Waals surface area (Å²) in [6, 6.07) is 7.86.